The van der Waals surface area contributed by atoms with Gasteiger partial charge in [0.1, 0.15) is 0 Å². The molecule has 0 atom stereocenters. The van der Waals surface area contributed by atoms with Gasteiger partial charge in [-0.3, -0.25) is 19.5 Å². The van der Waals surface area contributed by atoms with E-state index >= 15 is 0 Å². The number of aromatic nitrogens is 1. The van der Waals surface area contributed by atoms with Crippen molar-refractivity contribution < 1.29 is 14.4 Å². The van der Waals surface area contributed by atoms with Gasteiger partial charge in [-0.1, -0.05) is 36.8 Å². The first-order valence-corrected chi connectivity index (χ1v) is 12.1. The Balaban J connectivity index is 1.87. The van der Waals surface area contributed by atoms with E-state index in [9.17, 15) is 14.4 Å². The molecule has 4 aromatic rings. The van der Waals surface area contributed by atoms with Gasteiger partial charge < -0.3 is 16.0 Å². The van der Waals surface area contributed by atoms with Gasteiger partial charge in [0.05, 0.1) is 22.5 Å². The zero-order valence-corrected chi connectivity index (χ0v) is 21.8. The van der Waals surface area contributed by atoms with E-state index < -0.39 is 0 Å². The van der Waals surface area contributed by atoms with Crippen LogP contribution in [-0.4, -0.2) is 29.9 Å². The quantitative estimate of drug-likeness (QED) is 0.224. The third-order valence-corrected chi connectivity index (χ3v) is 6.16. The van der Waals surface area contributed by atoms with Crippen LogP contribution in [0.5, 0.6) is 0 Å². The van der Waals surface area contributed by atoms with E-state index in [1.165, 1.54) is 17.9 Å². The molecule has 194 valence electrons. The van der Waals surface area contributed by atoms with E-state index in [0.717, 1.165) is 16.7 Å². The van der Waals surface area contributed by atoms with Crippen molar-refractivity contribution in [2.75, 3.05) is 22.6 Å². The standard InChI is InChI=1S/C31H27N5O3/c1-6-21-18-33-27-15-11-23(22-9-12-24(13-10-22)34-31(39)32-5)16-26(27)30(21)36(20(4)37)25-14-8-19(3)28(17-25)35-29(38)7-2/h1,7-18H,2H2,3-5H3,(H,35,38)(H2,32,34,39). The lowest BCUT2D eigenvalue weighted by Gasteiger charge is -2.25. The molecule has 0 aliphatic rings. The Hall–Kier alpha value is -5.42. The zero-order chi connectivity index (χ0) is 28.1. The lowest BCUT2D eigenvalue weighted by Crippen LogP contribution is -2.24. The summed E-state index contributed by atoms with van der Waals surface area (Å²) >= 11 is 0. The van der Waals surface area contributed by atoms with Gasteiger partial charge >= 0.3 is 6.03 Å². The molecule has 0 aliphatic carbocycles. The molecule has 0 unspecified atom stereocenters. The van der Waals surface area contributed by atoms with Crippen LogP contribution in [0.2, 0.25) is 0 Å². The normalized spacial score (nSPS) is 10.3. The Bertz CT molecular complexity index is 1650. The van der Waals surface area contributed by atoms with Crippen molar-refractivity contribution in [2.24, 2.45) is 0 Å². The summed E-state index contributed by atoms with van der Waals surface area (Å²) in [5, 5.41) is 8.72. The summed E-state index contributed by atoms with van der Waals surface area (Å²) in [6, 6.07) is 18.2. The number of hydrogen-bond acceptors (Lipinski definition) is 4. The lowest BCUT2D eigenvalue weighted by molar-refractivity contribution is -0.116. The molecule has 1 heterocycles. The van der Waals surface area contributed by atoms with Crippen molar-refractivity contribution >= 4 is 51.5 Å². The van der Waals surface area contributed by atoms with E-state index in [1.54, 1.807) is 37.5 Å². The molecule has 0 aliphatic heterocycles. The number of rotatable bonds is 6. The van der Waals surface area contributed by atoms with E-state index in [1.807, 2.05) is 43.3 Å². The van der Waals surface area contributed by atoms with E-state index in [2.05, 4.69) is 33.4 Å². The Labute approximate surface area is 226 Å². The van der Waals surface area contributed by atoms with Crippen molar-refractivity contribution in [1.29, 1.82) is 0 Å². The van der Waals surface area contributed by atoms with Gasteiger partial charge in [0.2, 0.25) is 11.8 Å². The summed E-state index contributed by atoms with van der Waals surface area (Å²) in [6.07, 6.45) is 8.63. The van der Waals surface area contributed by atoms with Crippen molar-refractivity contribution in [2.45, 2.75) is 13.8 Å². The number of nitrogens with zero attached hydrogens (tertiary/aromatic N) is 2. The second-order valence-electron chi connectivity index (χ2n) is 8.73. The number of hydrogen-bond donors (Lipinski definition) is 3. The first-order chi connectivity index (χ1) is 18.7. The number of amides is 4. The number of carbonyl (C=O) groups is 3. The smallest absolute Gasteiger partial charge is 0.318 e. The molecule has 0 fully saturated rings. The summed E-state index contributed by atoms with van der Waals surface area (Å²) in [5.41, 5.74) is 5.94. The van der Waals surface area contributed by atoms with E-state index in [4.69, 9.17) is 6.42 Å². The number of benzene rings is 3. The Morgan fingerprint density at radius 2 is 1.72 bits per heavy atom. The van der Waals surface area contributed by atoms with Crippen molar-refractivity contribution in [1.82, 2.24) is 10.3 Å². The molecule has 0 spiro atoms. The molecule has 0 saturated heterocycles. The number of fused-ring (bicyclic) bond motifs is 1. The maximum absolute atomic E-state index is 13.1. The van der Waals surface area contributed by atoms with Gasteiger partial charge in [0.15, 0.2) is 0 Å². The highest BCUT2D eigenvalue weighted by molar-refractivity contribution is 6.10. The van der Waals surface area contributed by atoms with Gasteiger partial charge in [-0.2, -0.15) is 0 Å². The van der Waals surface area contributed by atoms with Crippen molar-refractivity contribution in [3.05, 3.63) is 90.6 Å². The molecule has 0 saturated carbocycles. The molecule has 39 heavy (non-hydrogen) atoms. The molecule has 0 bridgehead atoms. The minimum absolute atomic E-state index is 0.265. The fourth-order valence-electron chi connectivity index (χ4n) is 4.18. The van der Waals surface area contributed by atoms with Gasteiger partial charge in [0, 0.05) is 36.9 Å². The largest absolute Gasteiger partial charge is 0.341 e. The lowest BCUT2D eigenvalue weighted by atomic mass is 10.00. The maximum Gasteiger partial charge on any atom is 0.318 e. The second kappa shape index (κ2) is 11.3. The molecule has 3 aromatic carbocycles. The van der Waals surface area contributed by atoms with Crippen LogP contribution in [0.1, 0.15) is 18.1 Å². The van der Waals surface area contributed by atoms with Crippen LogP contribution in [0, 0.1) is 19.3 Å². The molecule has 3 N–H and O–H groups in total. The molecule has 8 heteroatoms. The number of carbonyl (C=O) groups excluding carboxylic acids is 3. The van der Waals surface area contributed by atoms with Crippen molar-refractivity contribution in [3.8, 4) is 23.5 Å². The first kappa shape index (κ1) is 26.6. The van der Waals surface area contributed by atoms with Crippen LogP contribution in [0.3, 0.4) is 0 Å². The van der Waals surface area contributed by atoms with Crippen LogP contribution < -0.4 is 20.9 Å². The molecule has 8 nitrogen and oxygen atoms in total. The summed E-state index contributed by atoms with van der Waals surface area (Å²) in [5.74, 6) is 2.04. The monoisotopic (exact) mass is 517 g/mol. The second-order valence-corrected chi connectivity index (χ2v) is 8.73. The summed E-state index contributed by atoms with van der Waals surface area (Å²) in [6.45, 7) is 6.82. The van der Waals surface area contributed by atoms with Crippen LogP contribution in [0.4, 0.5) is 27.5 Å². The minimum atomic E-state index is -0.357. The van der Waals surface area contributed by atoms with Crippen LogP contribution in [0.25, 0.3) is 22.0 Å². The van der Waals surface area contributed by atoms with Gasteiger partial charge in [-0.05, 0) is 66.1 Å². The number of terminal acetylenes is 1. The minimum Gasteiger partial charge on any atom is -0.341 e. The average molecular weight is 518 g/mol. The topological polar surface area (TPSA) is 103 Å². The fraction of sp³-hybridized carbons (Fsp3) is 0.0968. The van der Waals surface area contributed by atoms with E-state index in [0.29, 0.717) is 39.2 Å². The molecule has 1 aromatic heterocycles. The maximum atomic E-state index is 13.1. The predicted octanol–water partition coefficient (Wildman–Crippen LogP) is 5.75. The third-order valence-electron chi connectivity index (χ3n) is 6.16. The molecular weight excluding hydrogens is 490 g/mol. The molecule has 4 amide bonds. The molecule has 4 rings (SSSR count). The number of nitrogens with one attached hydrogen (secondary N) is 3. The summed E-state index contributed by atoms with van der Waals surface area (Å²) in [4.78, 5) is 42.8. The Morgan fingerprint density at radius 1 is 1.00 bits per heavy atom. The summed E-state index contributed by atoms with van der Waals surface area (Å²) < 4.78 is 0. The molecule has 0 radical (unpaired) electrons. The Kier molecular flexibility index (Phi) is 7.73. The highest BCUT2D eigenvalue weighted by Gasteiger charge is 2.22. The zero-order valence-electron chi connectivity index (χ0n) is 21.8. The van der Waals surface area contributed by atoms with Gasteiger partial charge in [-0.25, -0.2) is 4.79 Å². The SMILES string of the molecule is C#Cc1cnc2ccc(-c3ccc(NC(=O)NC)cc3)cc2c1N(C(C)=O)c1ccc(C)c(NC(=O)C=C)c1. The number of anilines is 4. The number of pyridine rings is 1. The van der Waals surface area contributed by atoms with Crippen LogP contribution >= 0.6 is 0 Å². The average Bonchev–Trinajstić information content (AvgIpc) is 2.94. The third kappa shape index (κ3) is 5.63. The fourth-order valence-corrected chi connectivity index (χ4v) is 4.18. The number of aryl methyl sites for hydroxylation is 1. The van der Waals surface area contributed by atoms with E-state index in [-0.39, 0.29) is 17.8 Å². The Morgan fingerprint density at radius 3 is 2.36 bits per heavy atom. The van der Waals surface area contributed by atoms with Crippen molar-refractivity contribution in [3.63, 3.8) is 0 Å². The molecular formula is C31H27N5O3. The van der Waals surface area contributed by atoms with Crippen LogP contribution in [0.15, 0.2) is 79.5 Å². The number of urea groups is 1. The highest BCUT2D eigenvalue weighted by atomic mass is 16.2. The van der Waals surface area contributed by atoms with Gasteiger partial charge in [0.25, 0.3) is 0 Å². The highest BCUT2D eigenvalue weighted by Crippen LogP contribution is 2.38. The van der Waals surface area contributed by atoms with Crippen LogP contribution in [-0.2, 0) is 9.59 Å². The predicted molar refractivity (Wildman–Crippen MR) is 156 cm³/mol. The summed E-state index contributed by atoms with van der Waals surface area (Å²) in [7, 11) is 1.55. The first-order valence-electron chi connectivity index (χ1n) is 12.1. The van der Waals surface area contributed by atoms with Gasteiger partial charge in [-0.15, -0.1) is 6.42 Å².